The van der Waals surface area contributed by atoms with Crippen LogP contribution in [0.3, 0.4) is 0 Å². The van der Waals surface area contributed by atoms with Crippen LogP contribution in [0.25, 0.3) is 0 Å². The molecule has 6 nitrogen and oxygen atoms in total. The first-order valence-corrected chi connectivity index (χ1v) is 10.2. The van der Waals surface area contributed by atoms with Crippen LogP contribution in [0.15, 0.2) is 52.4 Å². The Kier molecular flexibility index (Phi) is 10.9. The SMILES string of the molecule is CN=C(NCc1ccc(OC)c(NC(C)=O)c1)N(C)Cc1ccc(SC)cc1.I. The molecular weight excluding hydrogens is 499 g/mol. The van der Waals surface area contributed by atoms with Crippen molar-refractivity contribution in [2.45, 2.75) is 24.9 Å². The summed E-state index contributed by atoms with van der Waals surface area (Å²) in [6.45, 7) is 2.82. The quantitative estimate of drug-likeness (QED) is 0.244. The highest BCUT2D eigenvalue weighted by Gasteiger charge is 2.09. The zero-order valence-electron chi connectivity index (χ0n) is 17.5. The minimum atomic E-state index is -0.133. The summed E-state index contributed by atoms with van der Waals surface area (Å²) >= 11 is 1.74. The molecule has 1 amide bonds. The molecule has 2 rings (SSSR count). The molecule has 158 valence electrons. The van der Waals surface area contributed by atoms with E-state index in [-0.39, 0.29) is 29.9 Å². The molecule has 2 N–H and O–H groups in total. The maximum Gasteiger partial charge on any atom is 0.221 e. The molecule has 0 fully saturated rings. The molecule has 0 aliphatic heterocycles. The second-order valence-electron chi connectivity index (χ2n) is 6.32. The number of ether oxygens (including phenoxy) is 1. The maximum absolute atomic E-state index is 11.4. The number of guanidine groups is 1. The largest absolute Gasteiger partial charge is 0.495 e. The van der Waals surface area contributed by atoms with E-state index in [1.165, 1.54) is 17.4 Å². The van der Waals surface area contributed by atoms with Crippen LogP contribution < -0.4 is 15.4 Å². The summed E-state index contributed by atoms with van der Waals surface area (Å²) in [5.41, 5.74) is 2.90. The average Bonchev–Trinajstić information content (AvgIpc) is 2.68. The monoisotopic (exact) mass is 528 g/mol. The number of anilines is 1. The Balaban J connectivity index is 0.00000420. The van der Waals surface area contributed by atoms with Gasteiger partial charge in [0.15, 0.2) is 5.96 Å². The second kappa shape index (κ2) is 12.6. The van der Waals surface area contributed by atoms with Gasteiger partial charge in [0.2, 0.25) is 5.91 Å². The Bertz CT molecular complexity index is 828. The van der Waals surface area contributed by atoms with E-state index < -0.39 is 0 Å². The molecule has 0 saturated heterocycles. The van der Waals surface area contributed by atoms with E-state index in [2.05, 4.69) is 51.0 Å². The van der Waals surface area contributed by atoms with E-state index in [1.807, 2.05) is 25.2 Å². The Morgan fingerprint density at radius 3 is 2.38 bits per heavy atom. The van der Waals surface area contributed by atoms with Crippen LogP contribution in [0.4, 0.5) is 5.69 Å². The fourth-order valence-corrected chi connectivity index (χ4v) is 3.21. The van der Waals surface area contributed by atoms with Crippen molar-refractivity contribution in [1.29, 1.82) is 0 Å². The van der Waals surface area contributed by atoms with Crippen LogP contribution in [-0.4, -0.2) is 44.2 Å². The molecule has 8 heteroatoms. The van der Waals surface area contributed by atoms with Gasteiger partial charge in [0.05, 0.1) is 12.8 Å². The van der Waals surface area contributed by atoms with Crippen molar-refractivity contribution in [3.8, 4) is 5.75 Å². The van der Waals surface area contributed by atoms with Gasteiger partial charge < -0.3 is 20.3 Å². The van der Waals surface area contributed by atoms with Gasteiger partial charge in [-0.3, -0.25) is 9.79 Å². The summed E-state index contributed by atoms with van der Waals surface area (Å²) in [7, 11) is 5.36. The first-order valence-electron chi connectivity index (χ1n) is 8.96. The van der Waals surface area contributed by atoms with Crippen molar-refractivity contribution in [3.63, 3.8) is 0 Å². The molecular formula is C21H29IN4O2S. The lowest BCUT2D eigenvalue weighted by Crippen LogP contribution is -2.38. The first kappa shape index (κ1) is 25.1. The zero-order chi connectivity index (χ0) is 20.5. The topological polar surface area (TPSA) is 66.0 Å². The minimum absolute atomic E-state index is 0. The molecule has 0 aliphatic carbocycles. The molecule has 0 aliphatic rings. The number of rotatable bonds is 7. The number of nitrogens with one attached hydrogen (secondary N) is 2. The number of benzene rings is 2. The number of hydrogen-bond acceptors (Lipinski definition) is 4. The first-order chi connectivity index (χ1) is 13.5. The fraction of sp³-hybridized carbons (Fsp3) is 0.333. The number of aliphatic imine (C=N–C) groups is 1. The van der Waals surface area contributed by atoms with Gasteiger partial charge in [-0.2, -0.15) is 0 Å². The lowest BCUT2D eigenvalue weighted by atomic mass is 10.2. The van der Waals surface area contributed by atoms with Crippen LogP contribution in [0.5, 0.6) is 5.75 Å². The van der Waals surface area contributed by atoms with Crippen LogP contribution in [0.1, 0.15) is 18.1 Å². The third kappa shape index (κ3) is 7.77. The molecule has 0 unspecified atom stereocenters. The number of nitrogens with zero attached hydrogens (tertiary/aromatic N) is 2. The molecule has 29 heavy (non-hydrogen) atoms. The number of hydrogen-bond donors (Lipinski definition) is 2. The van der Waals surface area contributed by atoms with Crippen LogP contribution >= 0.6 is 35.7 Å². The van der Waals surface area contributed by atoms with Gasteiger partial charge in [0, 0.05) is 39.0 Å². The van der Waals surface area contributed by atoms with Crippen LogP contribution in [-0.2, 0) is 17.9 Å². The van der Waals surface area contributed by atoms with Gasteiger partial charge in [0.1, 0.15) is 5.75 Å². The predicted molar refractivity (Wildman–Crippen MR) is 133 cm³/mol. The molecule has 2 aromatic carbocycles. The highest BCUT2D eigenvalue weighted by molar-refractivity contribution is 14.0. The third-order valence-electron chi connectivity index (χ3n) is 4.18. The van der Waals surface area contributed by atoms with Gasteiger partial charge >= 0.3 is 0 Å². The highest BCUT2D eigenvalue weighted by Crippen LogP contribution is 2.25. The number of amides is 1. The van der Waals surface area contributed by atoms with E-state index in [0.717, 1.165) is 18.1 Å². The van der Waals surface area contributed by atoms with Crippen molar-refractivity contribution in [2.75, 3.05) is 32.8 Å². The molecule has 0 saturated carbocycles. The number of carbonyl (C=O) groups excluding carboxylic acids is 1. The summed E-state index contributed by atoms with van der Waals surface area (Å²) in [5.74, 6) is 1.30. The third-order valence-corrected chi connectivity index (χ3v) is 4.92. The van der Waals surface area contributed by atoms with E-state index in [4.69, 9.17) is 4.74 Å². The normalized spacial score (nSPS) is 10.7. The maximum atomic E-state index is 11.4. The standard InChI is InChI=1S/C21H28N4O2S.HI/c1-15(26)24-19-12-17(8-11-20(19)27-4)13-23-21(22-2)25(3)14-16-6-9-18(28-5)10-7-16;/h6-12H,13-14H2,1-5H3,(H,22,23)(H,24,26);1H. The molecule has 0 bridgehead atoms. The number of thioether (sulfide) groups is 1. The lowest BCUT2D eigenvalue weighted by Gasteiger charge is -2.22. The Hall–Kier alpha value is -1.94. The van der Waals surface area contributed by atoms with Crippen molar-refractivity contribution in [1.82, 2.24) is 10.2 Å². The van der Waals surface area contributed by atoms with Crippen molar-refractivity contribution in [3.05, 3.63) is 53.6 Å². The van der Waals surface area contributed by atoms with Gasteiger partial charge in [-0.1, -0.05) is 18.2 Å². The smallest absolute Gasteiger partial charge is 0.221 e. The summed E-state index contributed by atoms with van der Waals surface area (Å²) in [6.07, 6.45) is 2.07. The summed E-state index contributed by atoms with van der Waals surface area (Å²) in [4.78, 5) is 19.1. The van der Waals surface area contributed by atoms with Crippen molar-refractivity contribution >= 4 is 53.3 Å². The van der Waals surface area contributed by atoms with E-state index >= 15 is 0 Å². The number of methoxy groups -OCH3 is 1. The van der Waals surface area contributed by atoms with Crippen molar-refractivity contribution < 1.29 is 9.53 Å². The van der Waals surface area contributed by atoms with Crippen molar-refractivity contribution in [2.24, 2.45) is 4.99 Å². The van der Waals surface area contributed by atoms with Gasteiger partial charge in [-0.05, 0) is 41.6 Å². The van der Waals surface area contributed by atoms with Gasteiger partial charge in [0.25, 0.3) is 0 Å². The average molecular weight is 528 g/mol. The fourth-order valence-electron chi connectivity index (χ4n) is 2.80. The van der Waals surface area contributed by atoms with E-state index in [9.17, 15) is 4.79 Å². The highest BCUT2D eigenvalue weighted by atomic mass is 127. The van der Waals surface area contributed by atoms with Crippen LogP contribution in [0, 0.1) is 0 Å². The Morgan fingerprint density at radius 1 is 1.17 bits per heavy atom. The van der Waals surface area contributed by atoms with Gasteiger partial charge in [-0.25, -0.2) is 0 Å². The molecule has 0 radical (unpaired) electrons. The lowest BCUT2D eigenvalue weighted by molar-refractivity contribution is -0.114. The number of carbonyl (C=O) groups is 1. The second-order valence-corrected chi connectivity index (χ2v) is 7.20. The minimum Gasteiger partial charge on any atom is -0.495 e. The Labute approximate surface area is 194 Å². The molecule has 2 aromatic rings. The summed E-state index contributed by atoms with van der Waals surface area (Å²) < 4.78 is 5.30. The summed E-state index contributed by atoms with van der Waals surface area (Å²) in [5, 5.41) is 6.16. The molecule has 0 atom stereocenters. The van der Waals surface area contributed by atoms with E-state index in [0.29, 0.717) is 18.0 Å². The molecule has 0 spiro atoms. The molecule has 0 heterocycles. The van der Waals surface area contributed by atoms with E-state index in [1.54, 1.807) is 25.9 Å². The number of halogens is 1. The molecule has 0 aromatic heterocycles. The van der Waals surface area contributed by atoms with Crippen LogP contribution in [0.2, 0.25) is 0 Å². The van der Waals surface area contributed by atoms with Gasteiger partial charge in [-0.15, -0.1) is 35.7 Å². The Morgan fingerprint density at radius 2 is 1.83 bits per heavy atom. The predicted octanol–water partition coefficient (Wildman–Crippen LogP) is 4.20. The summed E-state index contributed by atoms with van der Waals surface area (Å²) in [6, 6.07) is 14.3. The zero-order valence-corrected chi connectivity index (χ0v) is 20.6.